The number of benzene rings is 1. The predicted molar refractivity (Wildman–Crippen MR) is 85.3 cm³/mol. The van der Waals surface area contributed by atoms with E-state index in [0.717, 1.165) is 44.7 Å². The lowest BCUT2D eigenvalue weighted by Gasteiger charge is -2.22. The molecule has 4 nitrogen and oxygen atoms in total. The van der Waals surface area contributed by atoms with E-state index in [4.69, 9.17) is 0 Å². The topological polar surface area (TPSA) is 53.2 Å². The molecule has 0 bridgehead atoms. The second kappa shape index (κ2) is 7.05. The van der Waals surface area contributed by atoms with Crippen LogP contribution in [0.2, 0.25) is 0 Å². The highest BCUT2D eigenvalue weighted by Crippen LogP contribution is 2.21. The molecule has 0 radical (unpaired) electrons. The van der Waals surface area contributed by atoms with E-state index in [1.54, 1.807) is 0 Å². The van der Waals surface area contributed by atoms with E-state index in [2.05, 4.69) is 28.1 Å². The summed E-state index contributed by atoms with van der Waals surface area (Å²) in [7, 11) is 0. The number of carbonyl (C=O) groups excluding carboxylic acids is 1. The third-order valence-corrected chi connectivity index (χ3v) is 4.61. The van der Waals surface area contributed by atoms with Crippen LogP contribution >= 0.6 is 0 Å². The molecule has 0 saturated carbocycles. The van der Waals surface area contributed by atoms with Crippen LogP contribution in [0.15, 0.2) is 18.2 Å². The van der Waals surface area contributed by atoms with Crippen molar-refractivity contribution in [1.29, 1.82) is 0 Å². The van der Waals surface area contributed by atoms with Gasteiger partial charge in [-0.15, -0.1) is 0 Å². The van der Waals surface area contributed by atoms with Crippen LogP contribution in [-0.4, -0.2) is 25.5 Å². The average Bonchev–Trinajstić information content (AvgIpc) is 2.54. The molecule has 2 aliphatic heterocycles. The summed E-state index contributed by atoms with van der Waals surface area (Å²) in [5.41, 5.74) is 3.66. The molecule has 1 aromatic carbocycles. The number of amides is 1. The fourth-order valence-electron chi connectivity index (χ4n) is 3.29. The lowest BCUT2D eigenvalue weighted by Crippen LogP contribution is -2.28. The molecule has 1 amide bonds. The second-order valence-electron chi connectivity index (χ2n) is 6.19. The highest BCUT2D eigenvalue weighted by molar-refractivity contribution is 5.90. The molecular formula is C17H25N3O. The van der Waals surface area contributed by atoms with Crippen molar-refractivity contribution >= 4 is 11.6 Å². The molecule has 0 aromatic heterocycles. The molecule has 2 aliphatic rings. The summed E-state index contributed by atoms with van der Waals surface area (Å²) in [6.07, 6.45) is 5.15. The minimum absolute atomic E-state index is 0.150. The molecule has 2 heterocycles. The second-order valence-corrected chi connectivity index (χ2v) is 6.19. The van der Waals surface area contributed by atoms with Gasteiger partial charge in [-0.05, 0) is 74.5 Å². The zero-order valence-corrected chi connectivity index (χ0v) is 12.6. The fourth-order valence-corrected chi connectivity index (χ4v) is 3.29. The zero-order chi connectivity index (χ0) is 14.5. The van der Waals surface area contributed by atoms with Crippen molar-refractivity contribution in [2.24, 2.45) is 5.92 Å². The minimum Gasteiger partial charge on any atom is -0.326 e. The van der Waals surface area contributed by atoms with E-state index < -0.39 is 0 Å². The van der Waals surface area contributed by atoms with Crippen LogP contribution in [-0.2, 0) is 17.8 Å². The molecule has 0 atom stereocenters. The van der Waals surface area contributed by atoms with Crippen LogP contribution < -0.4 is 16.0 Å². The Hall–Kier alpha value is -1.39. The Balaban J connectivity index is 1.50. The number of hydrogen-bond donors (Lipinski definition) is 3. The molecule has 0 unspecified atom stereocenters. The highest BCUT2D eigenvalue weighted by Gasteiger charge is 2.15. The predicted octanol–water partition coefficient (Wildman–Crippen LogP) is 2.05. The first-order valence-corrected chi connectivity index (χ1v) is 8.14. The lowest BCUT2D eigenvalue weighted by atomic mass is 9.93. The van der Waals surface area contributed by atoms with Gasteiger partial charge in [-0.25, -0.2) is 0 Å². The van der Waals surface area contributed by atoms with Crippen molar-refractivity contribution in [1.82, 2.24) is 10.6 Å². The Kier molecular flexibility index (Phi) is 4.88. The number of piperidine rings is 1. The molecule has 4 heteroatoms. The molecule has 0 aliphatic carbocycles. The van der Waals surface area contributed by atoms with E-state index >= 15 is 0 Å². The average molecular weight is 287 g/mol. The molecule has 1 aromatic rings. The monoisotopic (exact) mass is 287 g/mol. The number of hydrogen-bond acceptors (Lipinski definition) is 3. The van der Waals surface area contributed by atoms with Gasteiger partial charge >= 0.3 is 0 Å². The third-order valence-electron chi connectivity index (χ3n) is 4.61. The Labute approximate surface area is 126 Å². The molecule has 1 saturated heterocycles. The van der Waals surface area contributed by atoms with Crippen molar-refractivity contribution < 1.29 is 4.79 Å². The van der Waals surface area contributed by atoms with E-state index in [0.29, 0.717) is 12.3 Å². The van der Waals surface area contributed by atoms with Gasteiger partial charge in [-0.1, -0.05) is 6.07 Å². The van der Waals surface area contributed by atoms with E-state index in [9.17, 15) is 4.79 Å². The zero-order valence-electron chi connectivity index (χ0n) is 12.6. The highest BCUT2D eigenvalue weighted by atomic mass is 16.1. The summed E-state index contributed by atoms with van der Waals surface area (Å²) in [6.45, 7) is 4.16. The maximum Gasteiger partial charge on any atom is 0.224 e. The molecule has 114 valence electrons. The summed E-state index contributed by atoms with van der Waals surface area (Å²) in [4.78, 5) is 12.1. The van der Waals surface area contributed by atoms with Gasteiger partial charge in [-0.2, -0.15) is 0 Å². The quantitative estimate of drug-likeness (QED) is 0.794. The Morgan fingerprint density at radius 3 is 2.86 bits per heavy atom. The number of fused-ring (bicyclic) bond motifs is 1. The molecule has 0 spiro atoms. The molecule has 21 heavy (non-hydrogen) atoms. The van der Waals surface area contributed by atoms with Gasteiger partial charge in [0.2, 0.25) is 5.91 Å². The Morgan fingerprint density at radius 1 is 1.14 bits per heavy atom. The lowest BCUT2D eigenvalue weighted by molar-refractivity contribution is -0.116. The van der Waals surface area contributed by atoms with Crippen molar-refractivity contribution in [2.45, 2.75) is 38.6 Å². The largest absolute Gasteiger partial charge is 0.326 e. The van der Waals surface area contributed by atoms with Crippen molar-refractivity contribution in [3.63, 3.8) is 0 Å². The van der Waals surface area contributed by atoms with Crippen LogP contribution in [0.4, 0.5) is 5.69 Å². The number of rotatable bonds is 4. The van der Waals surface area contributed by atoms with Crippen LogP contribution in [0.1, 0.15) is 36.8 Å². The smallest absolute Gasteiger partial charge is 0.224 e. The first-order chi connectivity index (χ1) is 10.3. The van der Waals surface area contributed by atoms with Gasteiger partial charge in [0.25, 0.3) is 0 Å². The molecular weight excluding hydrogens is 262 g/mol. The summed E-state index contributed by atoms with van der Waals surface area (Å²) in [6, 6.07) is 6.30. The van der Waals surface area contributed by atoms with Gasteiger partial charge < -0.3 is 16.0 Å². The SMILES string of the molecule is O=C(CCC1CCNCC1)Nc1ccc2c(c1)CNCC2. The maximum absolute atomic E-state index is 12.1. The standard InChI is InChI=1S/C17H25N3O/c21-17(4-1-13-5-8-18-9-6-13)20-16-3-2-14-7-10-19-12-15(14)11-16/h2-3,11,13,18-19H,1,4-10,12H2,(H,20,21). The summed E-state index contributed by atoms with van der Waals surface area (Å²) in [5, 5.41) is 9.78. The first kappa shape index (κ1) is 14.5. The Morgan fingerprint density at radius 2 is 2.00 bits per heavy atom. The number of nitrogens with one attached hydrogen (secondary N) is 3. The van der Waals surface area contributed by atoms with Crippen molar-refractivity contribution in [3.05, 3.63) is 29.3 Å². The van der Waals surface area contributed by atoms with Gasteiger partial charge in [0.1, 0.15) is 0 Å². The number of anilines is 1. The van der Waals surface area contributed by atoms with E-state index in [1.165, 1.54) is 24.0 Å². The summed E-state index contributed by atoms with van der Waals surface area (Å²) < 4.78 is 0. The van der Waals surface area contributed by atoms with Crippen LogP contribution in [0.3, 0.4) is 0 Å². The number of carbonyl (C=O) groups is 1. The van der Waals surface area contributed by atoms with Gasteiger partial charge in [-0.3, -0.25) is 4.79 Å². The van der Waals surface area contributed by atoms with Crippen LogP contribution in [0.5, 0.6) is 0 Å². The summed E-state index contributed by atoms with van der Waals surface area (Å²) in [5.74, 6) is 0.863. The van der Waals surface area contributed by atoms with Gasteiger partial charge in [0.05, 0.1) is 0 Å². The van der Waals surface area contributed by atoms with Crippen LogP contribution in [0, 0.1) is 5.92 Å². The van der Waals surface area contributed by atoms with E-state index in [-0.39, 0.29) is 5.91 Å². The van der Waals surface area contributed by atoms with Gasteiger partial charge in [0.15, 0.2) is 0 Å². The first-order valence-electron chi connectivity index (χ1n) is 8.14. The maximum atomic E-state index is 12.1. The minimum atomic E-state index is 0.150. The van der Waals surface area contributed by atoms with E-state index in [1.807, 2.05) is 6.07 Å². The molecule has 3 N–H and O–H groups in total. The fraction of sp³-hybridized carbons (Fsp3) is 0.588. The molecule has 1 fully saturated rings. The third kappa shape index (κ3) is 4.05. The van der Waals surface area contributed by atoms with Crippen molar-refractivity contribution in [2.75, 3.05) is 25.0 Å². The Bertz CT molecular complexity index is 495. The van der Waals surface area contributed by atoms with Crippen molar-refractivity contribution in [3.8, 4) is 0 Å². The summed E-state index contributed by atoms with van der Waals surface area (Å²) >= 11 is 0. The van der Waals surface area contributed by atoms with Gasteiger partial charge in [0, 0.05) is 18.7 Å². The normalized spacial score (nSPS) is 19.0. The van der Waals surface area contributed by atoms with Crippen LogP contribution in [0.25, 0.3) is 0 Å². The molecule has 3 rings (SSSR count).